The van der Waals surface area contributed by atoms with E-state index >= 15 is 0 Å². The second kappa shape index (κ2) is 4.31. The van der Waals surface area contributed by atoms with E-state index in [0.29, 0.717) is 13.2 Å². The van der Waals surface area contributed by atoms with Crippen LogP contribution in [0, 0.1) is 0 Å². The molecule has 4 heteroatoms. The summed E-state index contributed by atoms with van der Waals surface area (Å²) >= 11 is 0. The minimum absolute atomic E-state index is 0.0155. The zero-order valence-corrected chi connectivity index (χ0v) is 6.51. The van der Waals surface area contributed by atoms with Gasteiger partial charge >= 0.3 is 0 Å². The van der Waals surface area contributed by atoms with E-state index in [1.54, 1.807) is 0 Å². The maximum atomic E-state index is 10.8. The van der Waals surface area contributed by atoms with E-state index < -0.39 is 0 Å². The van der Waals surface area contributed by atoms with Crippen LogP contribution in [0.25, 0.3) is 0 Å². The third-order valence-electron chi connectivity index (χ3n) is 1.67. The lowest BCUT2D eigenvalue weighted by atomic mass is 10.1. The van der Waals surface area contributed by atoms with Crippen molar-refractivity contribution < 1.29 is 9.53 Å². The summed E-state index contributed by atoms with van der Waals surface area (Å²) in [4.78, 5) is 10.8. The van der Waals surface area contributed by atoms with Gasteiger partial charge in [0.05, 0.1) is 12.6 Å². The quantitative estimate of drug-likeness (QED) is 0.567. The van der Waals surface area contributed by atoms with Crippen LogP contribution in [0.15, 0.2) is 0 Å². The summed E-state index contributed by atoms with van der Waals surface area (Å²) in [5.74, 6) is -0.0155. The number of carbonyl (C=O) groups is 1. The predicted molar refractivity (Wildman–Crippen MR) is 41.0 cm³/mol. The van der Waals surface area contributed by atoms with E-state index in [1.165, 1.54) is 0 Å². The Morgan fingerprint density at radius 3 is 3.18 bits per heavy atom. The highest BCUT2D eigenvalue weighted by atomic mass is 16.5. The molecule has 1 heterocycles. The summed E-state index contributed by atoms with van der Waals surface area (Å²) in [6.45, 7) is 1.51. The maximum Gasteiger partial charge on any atom is 0.246 e. The second-order valence-corrected chi connectivity index (χ2v) is 2.71. The normalized spacial score (nSPS) is 24.8. The molecule has 1 aliphatic heterocycles. The average molecular weight is 158 g/mol. The van der Waals surface area contributed by atoms with Crippen LogP contribution in [0.2, 0.25) is 0 Å². The van der Waals surface area contributed by atoms with Gasteiger partial charge < -0.3 is 15.8 Å². The molecule has 0 spiro atoms. The van der Waals surface area contributed by atoms with Crippen molar-refractivity contribution >= 4 is 5.91 Å². The number of carbonyl (C=O) groups excluding carboxylic acids is 1. The highest BCUT2D eigenvalue weighted by Gasteiger charge is 2.17. The highest BCUT2D eigenvalue weighted by molar-refractivity contribution is 5.78. The maximum absolute atomic E-state index is 10.8. The van der Waals surface area contributed by atoms with Gasteiger partial charge in [-0.15, -0.1) is 0 Å². The van der Waals surface area contributed by atoms with Gasteiger partial charge in [0, 0.05) is 0 Å². The van der Waals surface area contributed by atoms with Crippen molar-refractivity contribution in [3.63, 3.8) is 0 Å². The number of nitrogens with one attached hydrogen (secondary N) is 1. The topological polar surface area (TPSA) is 64.3 Å². The van der Waals surface area contributed by atoms with Gasteiger partial charge in [-0.2, -0.15) is 0 Å². The molecule has 0 aromatic carbocycles. The van der Waals surface area contributed by atoms with E-state index in [9.17, 15) is 4.79 Å². The molecule has 1 amide bonds. The standard InChI is InChI=1S/C7H14N2O2/c8-3-1-2-6-4-11-5-7(10)9-6/h6H,1-5,8H2,(H,9,10). The van der Waals surface area contributed by atoms with Crippen LogP contribution in [0.3, 0.4) is 0 Å². The van der Waals surface area contributed by atoms with E-state index in [0.717, 1.165) is 12.8 Å². The van der Waals surface area contributed by atoms with Crippen LogP contribution in [0.5, 0.6) is 0 Å². The van der Waals surface area contributed by atoms with Crippen LogP contribution in [-0.4, -0.2) is 31.7 Å². The highest BCUT2D eigenvalue weighted by Crippen LogP contribution is 2.00. The zero-order valence-electron chi connectivity index (χ0n) is 6.51. The first-order valence-corrected chi connectivity index (χ1v) is 3.90. The summed E-state index contributed by atoms with van der Waals surface area (Å²) in [5, 5.41) is 2.83. The summed E-state index contributed by atoms with van der Waals surface area (Å²) in [5.41, 5.74) is 5.33. The molecule has 1 atom stereocenters. The van der Waals surface area contributed by atoms with Gasteiger partial charge in [-0.1, -0.05) is 0 Å². The number of rotatable bonds is 3. The first kappa shape index (κ1) is 8.49. The van der Waals surface area contributed by atoms with Crippen molar-refractivity contribution in [2.75, 3.05) is 19.8 Å². The van der Waals surface area contributed by atoms with E-state index in [-0.39, 0.29) is 18.6 Å². The van der Waals surface area contributed by atoms with Crippen LogP contribution >= 0.6 is 0 Å². The van der Waals surface area contributed by atoms with Gasteiger partial charge in [0.15, 0.2) is 0 Å². The first-order valence-electron chi connectivity index (χ1n) is 3.90. The molecule has 0 aromatic rings. The summed E-state index contributed by atoms with van der Waals surface area (Å²) < 4.78 is 5.04. The number of hydrogen-bond acceptors (Lipinski definition) is 3. The molecule has 0 aliphatic carbocycles. The molecule has 1 fully saturated rings. The molecule has 1 saturated heterocycles. The number of ether oxygens (including phenoxy) is 1. The summed E-state index contributed by atoms with van der Waals surface area (Å²) in [7, 11) is 0. The van der Waals surface area contributed by atoms with Crippen molar-refractivity contribution in [2.24, 2.45) is 5.73 Å². The predicted octanol–water partition coefficient (Wildman–Crippen LogP) is -0.760. The number of morpholine rings is 1. The fourth-order valence-electron chi connectivity index (χ4n) is 1.12. The largest absolute Gasteiger partial charge is 0.370 e. The average Bonchev–Trinajstić information content (AvgIpc) is 2.01. The number of hydrogen-bond donors (Lipinski definition) is 2. The Morgan fingerprint density at radius 1 is 1.73 bits per heavy atom. The monoisotopic (exact) mass is 158 g/mol. The molecule has 0 saturated carbocycles. The van der Waals surface area contributed by atoms with Crippen LogP contribution in [0.4, 0.5) is 0 Å². The molecule has 11 heavy (non-hydrogen) atoms. The Morgan fingerprint density at radius 2 is 2.55 bits per heavy atom. The first-order chi connectivity index (χ1) is 5.33. The smallest absolute Gasteiger partial charge is 0.246 e. The van der Waals surface area contributed by atoms with Gasteiger partial charge in [0.25, 0.3) is 0 Å². The van der Waals surface area contributed by atoms with E-state index in [1.807, 2.05) is 0 Å². The Balaban J connectivity index is 2.17. The van der Waals surface area contributed by atoms with Crippen molar-refractivity contribution in [2.45, 2.75) is 18.9 Å². The molecule has 0 aromatic heterocycles. The molecule has 0 radical (unpaired) electrons. The van der Waals surface area contributed by atoms with Crippen molar-refractivity contribution in [3.8, 4) is 0 Å². The lowest BCUT2D eigenvalue weighted by Crippen LogP contribution is -2.45. The Labute approximate surface area is 66.1 Å². The Hall–Kier alpha value is -0.610. The minimum Gasteiger partial charge on any atom is -0.370 e. The molecule has 4 nitrogen and oxygen atoms in total. The van der Waals surface area contributed by atoms with Crippen LogP contribution in [-0.2, 0) is 9.53 Å². The minimum atomic E-state index is -0.0155. The van der Waals surface area contributed by atoms with Crippen molar-refractivity contribution in [1.82, 2.24) is 5.32 Å². The summed E-state index contributed by atoms with van der Waals surface area (Å²) in [6, 6.07) is 0.180. The van der Waals surface area contributed by atoms with E-state index in [2.05, 4.69) is 5.32 Å². The van der Waals surface area contributed by atoms with Gasteiger partial charge in [-0.3, -0.25) is 4.79 Å². The van der Waals surface area contributed by atoms with Gasteiger partial charge in [0.2, 0.25) is 5.91 Å². The van der Waals surface area contributed by atoms with Crippen LogP contribution < -0.4 is 11.1 Å². The van der Waals surface area contributed by atoms with Gasteiger partial charge in [-0.25, -0.2) is 0 Å². The molecule has 1 aliphatic rings. The number of amides is 1. The SMILES string of the molecule is NCCCC1COCC(=O)N1. The fourth-order valence-corrected chi connectivity index (χ4v) is 1.12. The Bertz CT molecular complexity index is 138. The fraction of sp³-hybridized carbons (Fsp3) is 0.857. The molecule has 64 valence electrons. The molecule has 0 bridgehead atoms. The third kappa shape index (κ3) is 2.86. The Kier molecular flexibility index (Phi) is 3.32. The lowest BCUT2D eigenvalue weighted by molar-refractivity contribution is -0.131. The third-order valence-corrected chi connectivity index (χ3v) is 1.67. The zero-order chi connectivity index (χ0) is 8.10. The molecular weight excluding hydrogens is 144 g/mol. The molecule has 3 N–H and O–H groups in total. The van der Waals surface area contributed by atoms with Gasteiger partial charge in [-0.05, 0) is 19.4 Å². The lowest BCUT2D eigenvalue weighted by Gasteiger charge is -2.22. The van der Waals surface area contributed by atoms with Crippen molar-refractivity contribution in [3.05, 3.63) is 0 Å². The van der Waals surface area contributed by atoms with Gasteiger partial charge in [0.1, 0.15) is 6.61 Å². The molecular formula is C7H14N2O2. The summed E-state index contributed by atoms with van der Waals surface area (Å²) in [6.07, 6.45) is 1.86. The van der Waals surface area contributed by atoms with Crippen molar-refractivity contribution in [1.29, 1.82) is 0 Å². The second-order valence-electron chi connectivity index (χ2n) is 2.71. The molecule has 1 rings (SSSR count). The van der Waals surface area contributed by atoms with Crippen LogP contribution in [0.1, 0.15) is 12.8 Å². The number of nitrogens with two attached hydrogens (primary N) is 1. The van der Waals surface area contributed by atoms with E-state index in [4.69, 9.17) is 10.5 Å². The molecule has 1 unspecified atom stereocenters.